The van der Waals surface area contributed by atoms with Gasteiger partial charge >= 0.3 is 0 Å². The van der Waals surface area contributed by atoms with Crippen LogP contribution in [0.5, 0.6) is 0 Å². The Balaban J connectivity index is 1.81. The zero-order chi connectivity index (χ0) is 16.7. The fraction of sp³-hybridized carbons (Fsp3) is 0.462. The van der Waals surface area contributed by atoms with E-state index in [0.717, 1.165) is 0 Å². The molecule has 1 aliphatic heterocycles. The van der Waals surface area contributed by atoms with Crippen molar-refractivity contribution >= 4 is 31.1 Å². The van der Waals surface area contributed by atoms with Gasteiger partial charge < -0.3 is 4.42 Å². The van der Waals surface area contributed by atoms with Gasteiger partial charge in [-0.3, -0.25) is 0 Å². The van der Waals surface area contributed by atoms with Gasteiger partial charge in [-0.2, -0.15) is 8.61 Å². The number of rotatable bonds is 4. The number of piperazine rings is 1. The van der Waals surface area contributed by atoms with Gasteiger partial charge in [0, 0.05) is 32.2 Å². The minimum Gasteiger partial charge on any atom is -0.443 e. The first-order valence-electron chi connectivity index (χ1n) is 7.16. The number of hydrogen-bond donors (Lipinski definition) is 0. The second-order valence-corrected chi connectivity index (χ2v) is 9.38. The van der Waals surface area contributed by atoms with Gasteiger partial charge in [0.05, 0.1) is 10.6 Å². The summed E-state index contributed by atoms with van der Waals surface area (Å²) < 4.78 is 56.8. The van der Waals surface area contributed by atoms with Crippen LogP contribution in [0.1, 0.15) is 6.92 Å². The summed E-state index contributed by atoms with van der Waals surface area (Å²) in [5, 5.41) is 0. The molecule has 0 spiro atoms. The molecule has 10 heteroatoms. The first-order chi connectivity index (χ1) is 10.8. The Labute approximate surface area is 134 Å². The molecule has 0 radical (unpaired) electrons. The molecule has 1 fully saturated rings. The van der Waals surface area contributed by atoms with E-state index in [4.69, 9.17) is 4.42 Å². The van der Waals surface area contributed by atoms with Crippen molar-refractivity contribution in [1.29, 1.82) is 0 Å². The van der Waals surface area contributed by atoms with Crippen LogP contribution in [-0.2, 0) is 20.0 Å². The third kappa shape index (κ3) is 2.99. The monoisotopic (exact) mass is 359 g/mol. The highest BCUT2D eigenvalue weighted by Crippen LogP contribution is 2.22. The summed E-state index contributed by atoms with van der Waals surface area (Å²) in [6, 6.07) is 4.51. The molecule has 8 nitrogen and oxygen atoms in total. The van der Waals surface area contributed by atoms with E-state index in [-0.39, 0.29) is 36.8 Å². The Kier molecular flexibility index (Phi) is 4.17. The molecule has 0 atom stereocenters. The maximum atomic E-state index is 12.7. The Hall–Kier alpha value is -1.49. The van der Waals surface area contributed by atoms with Crippen molar-refractivity contribution in [3.63, 3.8) is 0 Å². The van der Waals surface area contributed by atoms with E-state index < -0.39 is 20.0 Å². The van der Waals surface area contributed by atoms with Crippen molar-refractivity contribution in [2.45, 2.75) is 11.8 Å². The van der Waals surface area contributed by atoms with E-state index in [2.05, 4.69) is 4.98 Å². The standard InChI is InChI=1S/C13H17N3O5S2/c1-2-22(17,18)15-5-7-16(8-6-15)23(19,20)11-3-4-12-13(9-11)21-10-14-12/h3-4,9-10H,2,5-8H2,1H3. The van der Waals surface area contributed by atoms with Crippen LogP contribution in [-0.4, -0.2) is 62.4 Å². The number of hydrogen-bond acceptors (Lipinski definition) is 6. The van der Waals surface area contributed by atoms with Crippen LogP contribution in [0.3, 0.4) is 0 Å². The SMILES string of the molecule is CCS(=O)(=O)N1CCN(S(=O)(=O)c2ccc3ncoc3c2)CC1. The average molecular weight is 359 g/mol. The van der Waals surface area contributed by atoms with Gasteiger partial charge in [-0.15, -0.1) is 0 Å². The number of aromatic nitrogens is 1. The Morgan fingerprint density at radius 3 is 2.39 bits per heavy atom. The van der Waals surface area contributed by atoms with E-state index in [9.17, 15) is 16.8 Å². The van der Waals surface area contributed by atoms with Crippen molar-refractivity contribution in [2.75, 3.05) is 31.9 Å². The van der Waals surface area contributed by atoms with Crippen molar-refractivity contribution in [1.82, 2.24) is 13.6 Å². The number of oxazole rings is 1. The zero-order valence-electron chi connectivity index (χ0n) is 12.5. The Morgan fingerprint density at radius 2 is 1.74 bits per heavy atom. The third-order valence-corrected chi connectivity index (χ3v) is 7.67. The molecule has 2 heterocycles. The minimum atomic E-state index is -3.68. The van der Waals surface area contributed by atoms with Crippen LogP contribution in [0.25, 0.3) is 11.1 Å². The quantitative estimate of drug-likeness (QED) is 0.787. The molecule has 0 aliphatic carbocycles. The van der Waals surface area contributed by atoms with Crippen LogP contribution >= 0.6 is 0 Å². The van der Waals surface area contributed by atoms with Gasteiger partial charge in [-0.25, -0.2) is 21.8 Å². The first kappa shape index (κ1) is 16.4. The molecule has 2 aromatic rings. The summed E-state index contributed by atoms with van der Waals surface area (Å²) in [6.07, 6.45) is 1.26. The molecule has 0 N–H and O–H groups in total. The fourth-order valence-electron chi connectivity index (χ4n) is 2.52. The fourth-order valence-corrected chi connectivity index (χ4v) is 5.04. The van der Waals surface area contributed by atoms with E-state index >= 15 is 0 Å². The molecule has 1 aliphatic rings. The van der Waals surface area contributed by atoms with Gasteiger partial charge in [0.25, 0.3) is 0 Å². The van der Waals surface area contributed by atoms with Gasteiger partial charge in [-0.1, -0.05) is 0 Å². The molecule has 126 valence electrons. The lowest BCUT2D eigenvalue weighted by molar-refractivity contribution is 0.273. The Bertz CT molecular complexity index is 912. The molecule has 0 bridgehead atoms. The number of sulfonamides is 2. The zero-order valence-corrected chi connectivity index (χ0v) is 14.2. The molecule has 3 rings (SSSR count). The lowest BCUT2D eigenvalue weighted by atomic mass is 10.3. The smallest absolute Gasteiger partial charge is 0.243 e. The van der Waals surface area contributed by atoms with Gasteiger partial charge in [0.1, 0.15) is 5.52 Å². The highest BCUT2D eigenvalue weighted by Gasteiger charge is 2.32. The topological polar surface area (TPSA) is 101 Å². The van der Waals surface area contributed by atoms with Gasteiger partial charge in [-0.05, 0) is 19.1 Å². The molecular weight excluding hydrogens is 342 g/mol. The lowest BCUT2D eigenvalue weighted by Gasteiger charge is -2.33. The van der Waals surface area contributed by atoms with Crippen molar-refractivity contribution in [3.05, 3.63) is 24.6 Å². The van der Waals surface area contributed by atoms with Crippen LogP contribution in [0.4, 0.5) is 0 Å². The molecule has 0 unspecified atom stereocenters. The number of benzene rings is 1. The van der Waals surface area contributed by atoms with Gasteiger partial charge in [0.15, 0.2) is 12.0 Å². The summed E-state index contributed by atoms with van der Waals surface area (Å²) in [7, 11) is -6.97. The van der Waals surface area contributed by atoms with Gasteiger partial charge in [0.2, 0.25) is 20.0 Å². The number of nitrogens with zero attached hydrogens (tertiary/aromatic N) is 3. The molecule has 1 aromatic carbocycles. The maximum Gasteiger partial charge on any atom is 0.243 e. The van der Waals surface area contributed by atoms with Crippen molar-refractivity contribution < 1.29 is 21.3 Å². The largest absolute Gasteiger partial charge is 0.443 e. The summed E-state index contributed by atoms with van der Waals surface area (Å²) in [5.74, 6) is 0.0158. The van der Waals surface area contributed by atoms with Crippen LogP contribution in [0, 0.1) is 0 Å². The molecule has 1 saturated heterocycles. The van der Waals surface area contributed by atoms with E-state index in [1.165, 1.54) is 27.1 Å². The second-order valence-electron chi connectivity index (χ2n) is 5.19. The van der Waals surface area contributed by atoms with Crippen LogP contribution in [0.2, 0.25) is 0 Å². The predicted molar refractivity (Wildman–Crippen MR) is 83.8 cm³/mol. The minimum absolute atomic E-state index is 0.0158. The predicted octanol–water partition coefficient (Wildman–Crippen LogP) is 0.484. The van der Waals surface area contributed by atoms with Crippen LogP contribution < -0.4 is 0 Å². The Morgan fingerprint density at radius 1 is 1.09 bits per heavy atom. The highest BCUT2D eigenvalue weighted by molar-refractivity contribution is 7.89. The molecule has 1 aromatic heterocycles. The molecular formula is C13H17N3O5S2. The summed E-state index contributed by atoms with van der Waals surface area (Å²) >= 11 is 0. The molecule has 23 heavy (non-hydrogen) atoms. The van der Waals surface area contributed by atoms with Crippen LogP contribution in [0.15, 0.2) is 33.9 Å². The average Bonchev–Trinajstić information content (AvgIpc) is 3.02. The molecule has 0 saturated carbocycles. The van der Waals surface area contributed by atoms with E-state index in [1.807, 2.05) is 0 Å². The summed E-state index contributed by atoms with van der Waals surface area (Å²) in [6.45, 7) is 2.18. The van der Waals surface area contributed by atoms with Crippen molar-refractivity contribution in [2.24, 2.45) is 0 Å². The highest BCUT2D eigenvalue weighted by atomic mass is 32.2. The van der Waals surface area contributed by atoms with Crippen molar-refractivity contribution in [3.8, 4) is 0 Å². The first-order valence-corrected chi connectivity index (χ1v) is 10.2. The van der Waals surface area contributed by atoms with E-state index in [1.54, 1.807) is 13.0 Å². The summed E-state index contributed by atoms with van der Waals surface area (Å²) in [5.41, 5.74) is 0.987. The maximum absolute atomic E-state index is 12.7. The normalized spacial score (nSPS) is 18.5. The summed E-state index contributed by atoms with van der Waals surface area (Å²) in [4.78, 5) is 4.07. The molecule has 0 amide bonds. The third-order valence-electron chi connectivity index (χ3n) is 3.90. The number of fused-ring (bicyclic) bond motifs is 1. The van der Waals surface area contributed by atoms with E-state index in [0.29, 0.717) is 11.1 Å². The second kappa shape index (κ2) is 5.86. The lowest BCUT2D eigenvalue weighted by Crippen LogP contribution is -2.50.